The van der Waals surface area contributed by atoms with Crippen molar-refractivity contribution >= 4 is 11.8 Å². The van der Waals surface area contributed by atoms with Crippen LogP contribution in [0, 0.1) is 11.8 Å². The first-order valence-electron chi connectivity index (χ1n) is 6.76. The minimum absolute atomic E-state index is 0.000212. The fourth-order valence-electron chi connectivity index (χ4n) is 2.90. The molecule has 0 spiro atoms. The highest BCUT2D eigenvalue weighted by molar-refractivity contribution is 5.89. The fraction of sp³-hybridized carbons (Fsp3) is 0.846. The molecule has 1 aliphatic carbocycles. The Morgan fingerprint density at radius 1 is 1.47 bits per heavy atom. The molecule has 2 rings (SSSR count). The number of amides is 2. The second-order valence-corrected chi connectivity index (χ2v) is 5.35. The summed E-state index contributed by atoms with van der Waals surface area (Å²) in [5.41, 5.74) is 0. The van der Waals surface area contributed by atoms with Gasteiger partial charge in [-0.05, 0) is 18.8 Å². The van der Waals surface area contributed by atoms with E-state index in [0.29, 0.717) is 19.0 Å². The highest BCUT2D eigenvalue weighted by atomic mass is 16.2. The molecule has 3 unspecified atom stereocenters. The van der Waals surface area contributed by atoms with Gasteiger partial charge in [0.25, 0.3) is 0 Å². The van der Waals surface area contributed by atoms with E-state index in [1.54, 1.807) is 0 Å². The second-order valence-electron chi connectivity index (χ2n) is 5.35. The third kappa shape index (κ3) is 3.20. The van der Waals surface area contributed by atoms with Crippen LogP contribution in [0.15, 0.2) is 0 Å². The first-order chi connectivity index (χ1) is 8.19. The molecule has 0 aromatic heterocycles. The SMILES string of the molecule is CCC1CCCC(NC(=O)C2CNC(=O)C2)C1. The number of hydrogen-bond donors (Lipinski definition) is 2. The lowest BCUT2D eigenvalue weighted by molar-refractivity contribution is -0.127. The molecule has 2 amide bonds. The van der Waals surface area contributed by atoms with Crippen LogP contribution in [0.5, 0.6) is 0 Å². The van der Waals surface area contributed by atoms with E-state index in [1.807, 2.05) is 0 Å². The summed E-state index contributed by atoms with van der Waals surface area (Å²) >= 11 is 0. The van der Waals surface area contributed by atoms with Crippen LogP contribution in [0.3, 0.4) is 0 Å². The van der Waals surface area contributed by atoms with Gasteiger partial charge in [0, 0.05) is 19.0 Å². The van der Waals surface area contributed by atoms with Crippen molar-refractivity contribution in [3.05, 3.63) is 0 Å². The van der Waals surface area contributed by atoms with E-state index < -0.39 is 0 Å². The smallest absolute Gasteiger partial charge is 0.225 e. The van der Waals surface area contributed by atoms with Gasteiger partial charge in [-0.2, -0.15) is 0 Å². The van der Waals surface area contributed by atoms with Crippen LogP contribution in [0.4, 0.5) is 0 Å². The first kappa shape index (κ1) is 12.4. The maximum absolute atomic E-state index is 12.0. The Bertz CT molecular complexity index is 304. The summed E-state index contributed by atoms with van der Waals surface area (Å²) in [7, 11) is 0. The summed E-state index contributed by atoms with van der Waals surface area (Å²) in [6.07, 6.45) is 6.27. The lowest BCUT2D eigenvalue weighted by Crippen LogP contribution is -2.42. The summed E-state index contributed by atoms with van der Waals surface area (Å²) < 4.78 is 0. The normalized spacial score (nSPS) is 33.2. The maximum Gasteiger partial charge on any atom is 0.225 e. The highest BCUT2D eigenvalue weighted by Crippen LogP contribution is 2.26. The predicted octanol–water partition coefficient (Wildman–Crippen LogP) is 1.21. The Kier molecular flexibility index (Phi) is 4.02. The lowest BCUT2D eigenvalue weighted by atomic mass is 9.84. The molecule has 2 aliphatic rings. The number of carbonyl (C=O) groups is 2. The molecular formula is C13H22N2O2. The molecular weight excluding hydrogens is 216 g/mol. The summed E-state index contributed by atoms with van der Waals surface area (Å²) in [5.74, 6) is 0.673. The zero-order valence-electron chi connectivity index (χ0n) is 10.5. The molecule has 2 N–H and O–H groups in total. The van der Waals surface area contributed by atoms with Crippen molar-refractivity contribution in [1.82, 2.24) is 10.6 Å². The van der Waals surface area contributed by atoms with E-state index in [4.69, 9.17) is 0 Å². The molecule has 0 aromatic rings. The zero-order chi connectivity index (χ0) is 12.3. The van der Waals surface area contributed by atoms with Gasteiger partial charge in [0.05, 0.1) is 5.92 Å². The molecule has 1 aliphatic heterocycles. The minimum Gasteiger partial charge on any atom is -0.355 e. The van der Waals surface area contributed by atoms with Gasteiger partial charge in [0.1, 0.15) is 0 Å². The monoisotopic (exact) mass is 238 g/mol. The average Bonchev–Trinajstić information content (AvgIpc) is 2.76. The molecule has 0 aromatic carbocycles. The number of nitrogens with one attached hydrogen (secondary N) is 2. The van der Waals surface area contributed by atoms with Crippen molar-refractivity contribution in [1.29, 1.82) is 0 Å². The number of rotatable bonds is 3. The zero-order valence-corrected chi connectivity index (χ0v) is 10.5. The van der Waals surface area contributed by atoms with E-state index in [0.717, 1.165) is 18.8 Å². The van der Waals surface area contributed by atoms with E-state index >= 15 is 0 Å². The topological polar surface area (TPSA) is 58.2 Å². The van der Waals surface area contributed by atoms with Crippen molar-refractivity contribution in [2.24, 2.45) is 11.8 Å². The highest BCUT2D eigenvalue weighted by Gasteiger charge is 2.30. The third-order valence-electron chi connectivity index (χ3n) is 4.05. The molecule has 0 radical (unpaired) electrons. The second kappa shape index (κ2) is 5.52. The van der Waals surface area contributed by atoms with Gasteiger partial charge in [-0.1, -0.05) is 26.2 Å². The predicted molar refractivity (Wildman–Crippen MR) is 65.3 cm³/mol. The molecule has 3 atom stereocenters. The molecule has 2 fully saturated rings. The Morgan fingerprint density at radius 3 is 2.94 bits per heavy atom. The lowest BCUT2D eigenvalue weighted by Gasteiger charge is -2.29. The third-order valence-corrected chi connectivity index (χ3v) is 4.05. The van der Waals surface area contributed by atoms with E-state index in [-0.39, 0.29) is 17.7 Å². The number of carbonyl (C=O) groups excluding carboxylic acids is 2. The van der Waals surface area contributed by atoms with Gasteiger partial charge < -0.3 is 10.6 Å². The van der Waals surface area contributed by atoms with Crippen LogP contribution < -0.4 is 10.6 Å². The summed E-state index contributed by atoms with van der Waals surface area (Å²) in [6.45, 7) is 2.73. The van der Waals surface area contributed by atoms with Crippen molar-refractivity contribution < 1.29 is 9.59 Å². The molecule has 4 heteroatoms. The van der Waals surface area contributed by atoms with Crippen molar-refractivity contribution in [3.8, 4) is 0 Å². The molecule has 1 heterocycles. The summed E-state index contributed by atoms with van der Waals surface area (Å²) in [5, 5.41) is 5.82. The molecule has 1 saturated heterocycles. The molecule has 1 saturated carbocycles. The van der Waals surface area contributed by atoms with Crippen molar-refractivity contribution in [2.75, 3.05) is 6.54 Å². The van der Waals surface area contributed by atoms with Gasteiger partial charge in [0.15, 0.2) is 0 Å². The van der Waals surface area contributed by atoms with Crippen LogP contribution in [0.2, 0.25) is 0 Å². The van der Waals surface area contributed by atoms with Crippen molar-refractivity contribution in [2.45, 2.75) is 51.5 Å². The van der Waals surface area contributed by atoms with Crippen LogP contribution in [-0.4, -0.2) is 24.4 Å². The Morgan fingerprint density at radius 2 is 2.29 bits per heavy atom. The van der Waals surface area contributed by atoms with Crippen LogP contribution in [0.1, 0.15) is 45.4 Å². The summed E-state index contributed by atoms with van der Waals surface area (Å²) in [4.78, 5) is 23.0. The van der Waals surface area contributed by atoms with Gasteiger partial charge in [0.2, 0.25) is 11.8 Å². The maximum atomic E-state index is 12.0. The Balaban J connectivity index is 1.80. The molecule has 4 nitrogen and oxygen atoms in total. The number of hydrogen-bond acceptors (Lipinski definition) is 2. The quantitative estimate of drug-likeness (QED) is 0.776. The molecule has 96 valence electrons. The van der Waals surface area contributed by atoms with Crippen LogP contribution in [-0.2, 0) is 9.59 Å². The first-order valence-corrected chi connectivity index (χ1v) is 6.76. The minimum atomic E-state index is -0.149. The fourth-order valence-corrected chi connectivity index (χ4v) is 2.90. The van der Waals surface area contributed by atoms with Crippen LogP contribution in [0.25, 0.3) is 0 Å². The Labute approximate surface area is 103 Å². The van der Waals surface area contributed by atoms with E-state index in [9.17, 15) is 9.59 Å². The molecule has 0 bridgehead atoms. The van der Waals surface area contributed by atoms with E-state index in [2.05, 4.69) is 17.6 Å². The summed E-state index contributed by atoms with van der Waals surface area (Å²) in [6, 6.07) is 0.330. The van der Waals surface area contributed by atoms with Crippen LogP contribution >= 0.6 is 0 Å². The van der Waals surface area contributed by atoms with Gasteiger partial charge in [-0.25, -0.2) is 0 Å². The van der Waals surface area contributed by atoms with Gasteiger partial charge in [-0.15, -0.1) is 0 Å². The largest absolute Gasteiger partial charge is 0.355 e. The van der Waals surface area contributed by atoms with E-state index in [1.165, 1.54) is 19.3 Å². The van der Waals surface area contributed by atoms with Crippen molar-refractivity contribution in [3.63, 3.8) is 0 Å². The van der Waals surface area contributed by atoms with Gasteiger partial charge >= 0.3 is 0 Å². The molecule has 17 heavy (non-hydrogen) atoms. The van der Waals surface area contributed by atoms with Gasteiger partial charge in [-0.3, -0.25) is 9.59 Å². The average molecular weight is 238 g/mol. The standard InChI is InChI=1S/C13H22N2O2/c1-2-9-4-3-5-11(6-9)15-13(17)10-7-12(16)14-8-10/h9-11H,2-8H2,1H3,(H,14,16)(H,15,17). The Hall–Kier alpha value is -1.06.